The van der Waals surface area contributed by atoms with E-state index in [1.54, 1.807) is 18.3 Å². The predicted octanol–water partition coefficient (Wildman–Crippen LogP) is 2.10. The Morgan fingerprint density at radius 3 is 2.85 bits per heavy atom. The first-order valence-electron chi connectivity index (χ1n) is 6.83. The molecule has 1 aromatic carbocycles. The molecule has 104 valence electrons. The number of nitrogens with zero attached hydrogens (tertiary/aromatic N) is 1. The summed E-state index contributed by atoms with van der Waals surface area (Å²) in [5.41, 5.74) is 0.302. The van der Waals surface area contributed by atoms with Crippen molar-refractivity contribution in [1.82, 2.24) is 10.3 Å². The molecule has 1 aromatic heterocycles. The summed E-state index contributed by atoms with van der Waals surface area (Å²) in [6, 6.07) is 7.41. The number of carboxylic acid groups (broad SMARTS) is 1. The second-order valence-corrected chi connectivity index (χ2v) is 5.07. The van der Waals surface area contributed by atoms with Crippen LogP contribution in [0.25, 0.3) is 10.8 Å². The normalized spacial score (nSPS) is 16.2. The van der Waals surface area contributed by atoms with Crippen LogP contribution >= 0.6 is 0 Å². The van der Waals surface area contributed by atoms with Gasteiger partial charge in [0.15, 0.2) is 0 Å². The first-order valence-corrected chi connectivity index (χ1v) is 6.83. The van der Waals surface area contributed by atoms with Crippen molar-refractivity contribution in [2.45, 2.75) is 18.9 Å². The fraction of sp³-hybridized carbons (Fsp3) is 0.333. The number of hydrogen-bond acceptors (Lipinski definition) is 4. The highest BCUT2D eigenvalue weighted by atomic mass is 16.4. The third kappa shape index (κ3) is 2.58. The van der Waals surface area contributed by atoms with Crippen LogP contribution in [0, 0.1) is 0 Å². The Morgan fingerprint density at radius 1 is 1.30 bits per heavy atom. The molecule has 0 unspecified atom stereocenters. The topological polar surface area (TPSA) is 74.2 Å². The molecule has 2 heterocycles. The van der Waals surface area contributed by atoms with Gasteiger partial charge in [0.2, 0.25) is 0 Å². The van der Waals surface area contributed by atoms with Crippen molar-refractivity contribution >= 4 is 22.6 Å². The number of hydrogen-bond donors (Lipinski definition) is 3. The molecule has 20 heavy (non-hydrogen) atoms. The standard InChI is InChI=1S/C15H17N3O2/c19-15(20)11-1-2-13-10(9-11)3-8-17-14(13)18-12-4-6-16-7-5-12/h1-3,8-9,12,16H,4-7H2,(H,17,18)(H,19,20). The Kier molecular flexibility index (Phi) is 3.52. The molecule has 3 N–H and O–H groups in total. The lowest BCUT2D eigenvalue weighted by Crippen LogP contribution is -2.35. The summed E-state index contributed by atoms with van der Waals surface area (Å²) in [5, 5.41) is 17.7. The second-order valence-electron chi connectivity index (χ2n) is 5.07. The average Bonchev–Trinajstić information content (AvgIpc) is 2.48. The van der Waals surface area contributed by atoms with E-state index < -0.39 is 5.97 Å². The van der Waals surface area contributed by atoms with E-state index in [1.165, 1.54) is 0 Å². The molecule has 0 saturated carbocycles. The maximum atomic E-state index is 11.0. The van der Waals surface area contributed by atoms with Gasteiger partial charge in [-0.15, -0.1) is 0 Å². The minimum absolute atomic E-state index is 0.302. The minimum Gasteiger partial charge on any atom is -0.478 e. The van der Waals surface area contributed by atoms with Gasteiger partial charge in [0.25, 0.3) is 0 Å². The largest absolute Gasteiger partial charge is 0.478 e. The number of fused-ring (bicyclic) bond motifs is 1. The minimum atomic E-state index is -0.906. The molecule has 0 radical (unpaired) electrons. The number of rotatable bonds is 3. The van der Waals surface area contributed by atoms with E-state index >= 15 is 0 Å². The highest BCUT2D eigenvalue weighted by Crippen LogP contribution is 2.24. The Labute approximate surface area is 117 Å². The third-order valence-corrected chi connectivity index (χ3v) is 3.69. The first-order chi connectivity index (χ1) is 9.74. The summed E-state index contributed by atoms with van der Waals surface area (Å²) in [7, 11) is 0. The molecule has 2 aromatic rings. The van der Waals surface area contributed by atoms with Gasteiger partial charge in [0, 0.05) is 17.6 Å². The average molecular weight is 271 g/mol. The number of nitrogens with one attached hydrogen (secondary N) is 2. The van der Waals surface area contributed by atoms with Crippen LogP contribution in [-0.4, -0.2) is 35.2 Å². The molecule has 3 rings (SSSR count). The van der Waals surface area contributed by atoms with Crippen LogP contribution in [0.5, 0.6) is 0 Å². The van der Waals surface area contributed by atoms with Crippen LogP contribution in [0.4, 0.5) is 5.82 Å². The molecular weight excluding hydrogens is 254 g/mol. The van der Waals surface area contributed by atoms with Crippen LogP contribution in [0.3, 0.4) is 0 Å². The number of aromatic carboxylic acids is 1. The number of carbonyl (C=O) groups is 1. The monoisotopic (exact) mass is 271 g/mol. The van der Waals surface area contributed by atoms with E-state index in [4.69, 9.17) is 5.11 Å². The summed E-state index contributed by atoms with van der Waals surface area (Å²) in [6.07, 6.45) is 3.87. The van der Waals surface area contributed by atoms with E-state index in [2.05, 4.69) is 15.6 Å². The summed E-state index contributed by atoms with van der Waals surface area (Å²) in [6.45, 7) is 2.04. The molecule has 1 aliphatic rings. The molecule has 1 saturated heterocycles. The van der Waals surface area contributed by atoms with Gasteiger partial charge in [-0.25, -0.2) is 9.78 Å². The van der Waals surface area contributed by atoms with E-state index in [0.29, 0.717) is 11.6 Å². The number of piperidine rings is 1. The van der Waals surface area contributed by atoms with E-state index in [1.807, 2.05) is 12.1 Å². The predicted molar refractivity (Wildman–Crippen MR) is 78.2 cm³/mol. The summed E-state index contributed by atoms with van der Waals surface area (Å²) in [4.78, 5) is 15.4. The maximum Gasteiger partial charge on any atom is 0.335 e. The maximum absolute atomic E-state index is 11.0. The van der Waals surface area contributed by atoms with Crippen molar-refractivity contribution in [3.05, 3.63) is 36.0 Å². The molecule has 0 spiro atoms. The van der Waals surface area contributed by atoms with Crippen molar-refractivity contribution in [3.63, 3.8) is 0 Å². The number of anilines is 1. The Hall–Kier alpha value is -2.14. The molecule has 5 nitrogen and oxygen atoms in total. The lowest BCUT2D eigenvalue weighted by atomic mass is 10.1. The van der Waals surface area contributed by atoms with Gasteiger partial charge in [-0.2, -0.15) is 0 Å². The quantitative estimate of drug-likeness (QED) is 0.797. The van der Waals surface area contributed by atoms with Crippen LogP contribution in [0.2, 0.25) is 0 Å². The number of aromatic nitrogens is 1. The van der Waals surface area contributed by atoms with Crippen molar-refractivity contribution in [3.8, 4) is 0 Å². The van der Waals surface area contributed by atoms with Crippen LogP contribution in [0.15, 0.2) is 30.5 Å². The van der Waals surface area contributed by atoms with Gasteiger partial charge in [0.1, 0.15) is 5.82 Å². The van der Waals surface area contributed by atoms with Gasteiger partial charge in [-0.3, -0.25) is 0 Å². The van der Waals surface area contributed by atoms with Gasteiger partial charge in [-0.1, -0.05) is 0 Å². The van der Waals surface area contributed by atoms with Gasteiger partial charge in [0.05, 0.1) is 5.56 Å². The highest BCUT2D eigenvalue weighted by Gasteiger charge is 2.14. The first kappa shape index (κ1) is 12.9. The smallest absolute Gasteiger partial charge is 0.335 e. The molecular formula is C15H17N3O2. The summed E-state index contributed by atoms with van der Waals surface area (Å²) >= 11 is 0. The van der Waals surface area contributed by atoms with Crippen molar-refractivity contribution in [1.29, 1.82) is 0 Å². The van der Waals surface area contributed by atoms with Gasteiger partial charge < -0.3 is 15.7 Å². The van der Waals surface area contributed by atoms with E-state index in [-0.39, 0.29) is 0 Å². The molecule has 0 aliphatic carbocycles. The number of pyridine rings is 1. The SMILES string of the molecule is O=C(O)c1ccc2c(NC3CCNCC3)nccc2c1. The zero-order chi connectivity index (χ0) is 13.9. The Balaban J connectivity index is 1.92. The number of benzene rings is 1. The zero-order valence-corrected chi connectivity index (χ0v) is 11.1. The van der Waals surface area contributed by atoms with E-state index in [0.717, 1.165) is 42.5 Å². The Morgan fingerprint density at radius 2 is 2.10 bits per heavy atom. The summed E-state index contributed by atoms with van der Waals surface area (Å²) < 4.78 is 0. The van der Waals surface area contributed by atoms with Gasteiger partial charge >= 0.3 is 5.97 Å². The fourth-order valence-corrected chi connectivity index (χ4v) is 2.59. The third-order valence-electron chi connectivity index (χ3n) is 3.69. The van der Waals surface area contributed by atoms with Crippen molar-refractivity contribution in [2.24, 2.45) is 0 Å². The summed E-state index contributed by atoms with van der Waals surface area (Å²) in [5.74, 6) is -0.0667. The molecule has 0 amide bonds. The lowest BCUT2D eigenvalue weighted by Gasteiger charge is -2.24. The Bertz CT molecular complexity index is 636. The van der Waals surface area contributed by atoms with Crippen molar-refractivity contribution < 1.29 is 9.90 Å². The highest BCUT2D eigenvalue weighted by molar-refractivity contribution is 5.98. The lowest BCUT2D eigenvalue weighted by molar-refractivity contribution is 0.0697. The zero-order valence-electron chi connectivity index (χ0n) is 11.1. The number of carboxylic acids is 1. The molecule has 1 fully saturated rings. The molecule has 0 bridgehead atoms. The van der Waals surface area contributed by atoms with Crippen LogP contribution in [0.1, 0.15) is 23.2 Å². The van der Waals surface area contributed by atoms with Gasteiger partial charge in [-0.05, 0) is 55.6 Å². The molecule has 1 aliphatic heterocycles. The molecule has 0 atom stereocenters. The van der Waals surface area contributed by atoms with E-state index in [9.17, 15) is 4.79 Å². The van der Waals surface area contributed by atoms with Crippen LogP contribution in [-0.2, 0) is 0 Å². The molecule has 5 heteroatoms. The van der Waals surface area contributed by atoms with Crippen molar-refractivity contribution in [2.75, 3.05) is 18.4 Å². The van der Waals surface area contributed by atoms with Crippen LogP contribution < -0.4 is 10.6 Å². The second kappa shape index (κ2) is 5.46. The fourth-order valence-electron chi connectivity index (χ4n) is 2.59.